The minimum Gasteiger partial charge on any atom is -0.490 e. The van der Waals surface area contributed by atoms with Crippen molar-refractivity contribution < 1.29 is 33.3 Å². The van der Waals surface area contributed by atoms with Crippen LogP contribution < -0.4 is 24.3 Å². The van der Waals surface area contributed by atoms with Crippen LogP contribution in [0.25, 0.3) is 0 Å². The monoisotopic (exact) mass is 385 g/mol. The number of amides is 1. The zero-order valence-corrected chi connectivity index (χ0v) is 15.4. The van der Waals surface area contributed by atoms with Gasteiger partial charge in [0.25, 0.3) is 5.91 Å². The SMILES string of the molecule is CCOc1cc(C=O)ccc1OCC(=O)Nc1cc2c(cc1C(C)=O)OCO2. The fourth-order valence-electron chi connectivity index (χ4n) is 2.65. The fraction of sp³-hybridized carbons (Fsp3) is 0.250. The number of fused-ring (bicyclic) bond motifs is 1. The van der Waals surface area contributed by atoms with E-state index in [-0.39, 0.29) is 19.2 Å². The van der Waals surface area contributed by atoms with Gasteiger partial charge in [-0.1, -0.05) is 0 Å². The maximum absolute atomic E-state index is 12.3. The molecule has 146 valence electrons. The Morgan fingerprint density at radius 3 is 2.54 bits per heavy atom. The highest BCUT2D eigenvalue weighted by Gasteiger charge is 2.20. The van der Waals surface area contributed by atoms with Crippen LogP contribution in [0.4, 0.5) is 5.69 Å². The third kappa shape index (κ3) is 4.22. The molecule has 2 aromatic rings. The highest BCUT2D eigenvalue weighted by Crippen LogP contribution is 2.37. The maximum atomic E-state index is 12.3. The van der Waals surface area contributed by atoms with Gasteiger partial charge >= 0.3 is 0 Å². The summed E-state index contributed by atoms with van der Waals surface area (Å²) in [7, 11) is 0. The van der Waals surface area contributed by atoms with Crippen molar-refractivity contribution in [1.82, 2.24) is 0 Å². The lowest BCUT2D eigenvalue weighted by Gasteiger charge is -2.13. The molecule has 3 rings (SSSR count). The van der Waals surface area contributed by atoms with Gasteiger partial charge in [-0.3, -0.25) is 14.4 Å². The molecule has 28 heavy (non-hydrogen) atoms. The quantitative estimate of drug-likeness (QED) is 0.551. The van der Waals surface area contributed by atoms with E-state index in [1.54, 1.807) is 25.1 Å². The predicted molar refractivity (Wildman–Crippen MR) is 99.7 cm³/mol. The second-order valence-corrected chi connectivity index (χ2v) is 5.90. The van der Waals surface area contributed by atoms with Crippen molar-refractivity contribution in [2.75, 3.05) is 25.3 Å². The normalized spacial score (nSPS) is 11.6. The minimum absolute atomic E-state index is 0.0597. The van der Waals surface area contributed by atoms with Crippen LogP contribution in [-0.2, 0) is 4.79 Å². The smallest absolute Gasteiger partial charge is 0.262 e. The number of ketones is 1. The van der Waals surface area contributed by atoms with Crippen LogP contribution in [0.1, 0.15) is 34.6 Å². The average molecular weight is 385 g/mol. The van der Waals surface area contributed by atoms with Gasteiger partial charge in [0, 0.05) is 17.2 Å². The van der Waals surface area contributed by atoms with E-state index >= 15 is 0 Å². The molecular weight excluding hydrogens is 366 g/mol. The first kappa shape index (κ1) is 19.2. The van der Waals surface area contributed by atoms with Gasteiger partial charge in [-0.05, 0) is 38.1 Å². The van der Waals surface area contributed by atoms with Gasteiger partial charge in [-0.25, -0.2) is 0 Å². The Morgan fingerprint density at radius 1 is 1.11 bits per heavy atom. The highest BCUT2D eigenvalue weighted by atomic mass is 16.7. The average Bonchev–Trinajstić information content (AvgIpc) is 3.13. The predicted octanol–water partition coefficient (Wildman–Crippen LogP) is 2.85. The number of carbonyl (C=O) groups excluding carboxylic acids is 3. The summed E-state index contributed by atoms with van der Waals surface area (Å²) in [6.07, 6.45) is 0.696. The molecule has 8 heteroatoms. The summed E-state index contributed by atoms with van der Waals surface area (Å²) in [6, 6.07) is 7.74. The molecule has 0 saturated carbocycles. The van der Waals surface area contributed by atoms with Crippen molar-refractivity contribution in [3.05, 3.63) is 41.5 Å². The molecule has 0 bridgehead atoms. The van der Waals surface area contributed by atoms with Gasteiger partial charge < -0.3 is 24.3 Å². The van der Waals surface area contributed by atoms with Crippen LogP contribution >= 0.6 is 0 Å². The largest absolute Gasteiger partial charge is 0.490 e. The first-order valence-electron chi connectivity index (χ1n) is 8.61. The molecule has 2 aromatic carbocycles. The molecule has 1 N–H and O–H groups in total. The van der Waals surface area contributed by atoms with E-state index in [2.05, 4.69) is 5.32 Å². The number of rotatable bonds is 8. The Kier molecular flexibility index (Phi) is 5.78. The fourth-order valence-corrected chi connectivity index (χ4v) is 2.65. The van der Waals surface area contributed by atoms with E-state index in [1.165, 1.54) is 19.1 Å². The maximum Gasteiger partial charge on any atom is 0.262 e. The van der Waals surface area contributed by atoms with E-state index < -0.39 is 5.91 Å². The number of hydrogen-bond donors (Lipinski definition) is 1. The molecule has 1 aliphatic rings. The van der Waals surface area contributed by atoms with E-state index in [0.29, 0.717) is 52.7 Å². The molecule has 0 spiro atoms. The lowest BCUT2D eigenvalue weighted by atomic mass is 10.1. The first-order chi connectivity index (χ1) is 13.5. The topological polar surface area (TPSA) is 100 Å². The van der Waals surface area contributed by atoms with Crippen molar-refractivity contribution in [2.45, 2.75) is 13.8 Å². The minimum atomic E-state index is -0.469. The molecule has 0 unspecified atom stereocenters. The summed E-state index contributed by atoms with van der Waals surface area (Å²) in [5.41, 5.74) is 1.06. The van der Waals surface area contributed by atoms with Gasteiger partial charge in [0.15, 0.2) is 35.4 Å². The summed E-state index contributed by atoms with van der Waals surface area (Å²) in [6.45, 7) is 3.32. The van der Waals surface area contributed by atoms with Crippen LogP contribution in [0.2, 0.25) is 0 Å². The molecule has 0 radical (unpaired) electrons. The zero-order chi connectivity index (χ0) is 20.1. The van der Waals surface area contributed by atoms with Crippen LogP contribution in [0.15, 0.2) is 30.3 Å². The number of anilines is 1. The molecule has 0 fully saturated rings. The van der Waals surface area contributed by atoms with Gasteiger partial charge in [0.05, 0.1) is 12.3 Å². The Hall–Kier alpha value is -3.55. The molecule has 0 aliphatic carbocycles. The number of Topliss-reactive ketones (excluding diaryl/α,β-unsaturated/α-hetero) is 1. The summed E-state index contributed by atoms with van der Waals surface area (Å²) in [4.78, 5) is 35.1. The van der Waals surface area contributed by atoms with Crippen LogP contribution in [0, 0.1) is 0 Å². The Bertz CT molecular complexity index is 923. The third-order valence-corrected chi connectivity index (χ3v) is 3.93. The molecule has 0 atom stereocenters. The van der Waals surface area contributed by atoms with E-state index in [4.69, 9.17) is 18.9 Å². The number of aldehydes is 1. The van der Waals surface area contributed by atoms with Crippen molar-refractivity contribution >= 4 is 23.7 Å². The second-order valence-electron chi connectivity index (χ2n) is 5.90. The molecule has 1 heterocycles. The molecule has 8 nitrogen and oxygen atoms in total. The Balaban J connectivity index is 1.72. The van der Waals surface area contributed by atoms with Gasteiger partial charge in [0.1, 0.15) is 6.29 Å². The lowest BCUT2D eigenvalue weighted by molar-refractivity contribution is -0.118. The Labute approximate surface area is 161 Å². The molecular formula is C20H19NO7. The van der Waals surface area contributed by atoms with Crippen LogP contribution in [-0.4, -0.2) is 38.0 Å². The highest BCUT2D eigenvalue weighted by molar-refractivity contribution is 6.04. The summed E-state index contributed by atoms with van der Waals surface area (Å²) in [5, 5.41) is 2.65. The van der Waals surface area contributed by atoms with Gasteiger partial charge in [-0.2, -0.15) is 0 Å². The molecule has 1 aliphatic heterocycles. The number of carbonyl (C=O) groups is 3. The van der Waals surface area contributed by atoms with Crippen molar-refractivity contribution in [3.8, 4) is 23.0 Å². The van der Waals surface area contributed by atoms with Gasteiger partial charge in [0.2, 0.25) is 6.79 Å². The molecule has 0 aromatic heterocycles. The summed E-state index contributed by atoms with van der Waals surface area (Å²) in [5.74, 6) is 0.911. The van der Waals surface area contributed by atoms with E-state index in [0.717, 1.165) is 0 Å². The number of ether oxygens (including phenoxy) is 4. The summed E-state index contributed by atoms with van der Waals surface area (Å²) >= 11 is 0. The number of nitrogens with one attached hydrogen (secondary N) is 1. The number of hydrogen-bond acceptors (Lipinski definition) is 7. The summed E-state index contributed by atoms with van der Waals surface area (Å²) < 4.78 is 21.5. The van der Waals surface area contributed by atoms with Crippen molar-refractivity contribution in [1.29, 1.82) is 0 Å². The van der Waals surface area contributed by atoms with Crippen molar-refractivity contribution in [3.63, 3.8) is 0 Å². The van der Waals surface area contributed by atoms with Crippen LogP contribution in [0.5, 0.6) is 23.0 Å². The standard InChI is InChI=1S/C20H19NO7/c1-3-25-17-6-13(9-22)4-5-16(17)26-10-20(24)21-15-8-19-18(27-11-28-19)7-14(15)12(2)23/h4-9H,3,10-11H2,1-2H3,(H,21,24). The first-order valence-corrected chi connectivity index (χ1v) is 8.61. The number of benzene rings is 2. The molecule has 1 amide bonds. The Morgan fingerprint density at radius 2 is 1.86 bits per heavy atom. The lowest BCUT2D eigenvalue weighted by Crippen LogP contribution is -2.21. The third-order valence-electron chi connectivity index (χ3n) is 3.93. The van der Waals surface area contributed by atoms with Crippen molar-refractivity contribution in [2.24, 2.45) is 0 Å². The van der Waals surface area contributed by atoms with Gasteiger partial charge in [-0.15, -0.1) is 0 Å². The molecule has 0 saturated heterocycles. The van der Waals surface area contributed by atoms with E-state index in [9.17, 15) is 14.4 Å². The van der Waals surface area contributed by atoms with Crippen LogP contribution in [0.3, 0.4) is 0 Å². The zero-order valence-electron chi connectivity index (χ0n) is 15.4. The van der Waals surface area contributed by atoms with E-state index in [1.807, 2.05) is 0 Å². The second kappa shape index (κ2) is 8.43.